The predicted octanol–water partition coefficient (Wildman–Crippen LogP) is 2.05. The van der Waals surface area contributed by atoms with Crippen LogP contribution in [0.2, 0.25) is 0 Å². The lowest BCUT2D eigenvalue weighted by atomic mass is 9.92. The molecule has 0 saturated carbocycles. The van der Waals surface area contributed by atoms with Gasteiger partial charge in [0.25, 0.3) is 0 Å². The summed E-state index contributed by atoms with van der Waals surface area (Å²) in [7, 11) is 0. The Bertz CT molecular complexity index is 464. The van der Waals surface area contributed by atoms with Crippen LogP contribution in [-0.2, 0) is 4.79 Å². The second kappa shape index (κ2) is 4.83. The van der Waals surface area contributed by atoms with Gasteiger partial charge in [-0.2, -0.15) is 0 Å². The van der Waals surface area contributed by atoms with Crippen LogP contribution in [0.15, 0.2) is 28.7 Å². The standard InChI is InChI=1S/C11H11BrN2O3/c12-8-3-1-2-7(6-8)11-9(14(16)17)4-5-10(15)13-11/h1-3,6,9,11H,4-5H2,(H,13,15)/t9-,11-/m1/s1. The van der Waals surface area contributed by atoms with Crippen molar-refractivity contribution in [3.05, 3.63) is 44.4 Å². The van der Waals surface area contributed by atoms with Gasteiger partial charge in [0, 0.05) is 22.2 Å². The number of hydrogen-bond acceptors (Lipinski definition) is 3. The number of nitro groups is 1. The lowest BCUT2D eigenvalue weighted by molar-refractivity contribution is -0.529. The molecule has 0 unspecified atom stereocenters. The molecule has 6 heteroatoms. The van der Waals surface area contributed by atoms with Crippen LogP contribution in [0.4, 0.5) is 0 Å². The molecule has 1 amide bonds. The largest absolute Gasteiger partial charge is 0.343 e. The minimum absolute atomic E-state index is 0.131. The van der Waals surface area contributed by atoms with E-state index < -0.39 is 12.1 Å². The van der Waals surface area contributed by atoms with Crippen LogP contribution in [-0.4, -0.2) is 16.9 Å². The Morgan fingerprint density at radius 3 is 2.88 bits per heavy atom. The van der Waals surface area contributed by atoms with Crippen LogP contribution in [0.5, 0.6) is 0 Å². The van der Waals surface area contributed by atoms with Crippen LogP contribution in [0.1, 0.15) is 24.4 Å². The van der Waals surface area contributed by atoms with Gasteiger partial charge in [-0.3, -0.25) is 14.9 Å². The molecule has 0 aliphatic carbocycles. The molecule has 90 valence electrons. The van der Waals surface area contributed by atoms with Crippen molar-refractivity contribution in [3.63, 3.8) is 0 Å². The first-order valence-corrected chi connectivity index (χ1v) is 6.05. The van der Waals surface area contributed by atoms with Gasteiger partial charge in [-0.1, -0.05) is 28.1 Å². The molecule has 1 aromatic rings. The Morgan fingerprint density at radius 2 is 2.24 bits per heavy atom. The van der Waals surface area contributed by atoms with Gasteiger partial charge in [0.05, 0.1) is 0 Å². The van der Waals surface area contributed by atoms with Crippen LogP contribution in [0.3, 0.4) is 0 Å². The first kappa shape index (κ1) is 12.0. The van der Waals surface area contributed by atoms with Crippen molar-refractivity contribution >= 4 is 21.8 Å². The second-order valence-corrected chi connectivity index (χ2v) is 4.91. The summed E-state index contributed by atoms with van der Waals surface area (Å²) in [5, 5.41) is 13.7. The summed E-state index contributed by atoms with van der Waals surface area (Å²) in [4.78, 5) is 22.0. The van der Waals surface area contributed by atoms with Gasteiger partial charge in [0.2, 0.25) is 11.9 Å². The summed E-state index contributed by atoms with van der Waals surface area (Å²) in [6, 6.07) is 5.95. The molecule has 1 aliphatic rings. The summed E-state index contributed by atoms with van der Waals surface area (Å²) in [6.45, 7) is 0. The van der Waals surface area contributed by atoms with Gasteiger partial charge in [-0.05, 0) is 17.7 Å². The van der Waals surface area contributed by atoms with Crippen molar-refractivity contribution < 1.29 is 9.72 Å². The van der Waals surface area contributed by atoms with Crippen molar-refractivity contribution in [1.29, 1.82) is 0 Å². The molecule has 5 nitrogen and oxygen atoms in total. The first-order chi connectivity index (χ1) is 8.08. The van der Waals surface area contributed by atoms with Gasteiger partial charge < -0.3 is 5.32 Å². The van der Waals surface area contributed by atoms with Gasteiger partial charge in [0.1, 0.15) is 6.04 Å². The summed E-state index contributed by atoms with van der Waals surface area (Å²) >= 11 is 3.32. The smallest absolute Gasteiger partial charge is 0.237 e. The van der Waals surface area contributed by atoms with E-state index in [1.54, 1.807) is 18.2 Å². The minimum Gasteiger partial charge on any atom is -0.343 e. The van der Waals surface area contributed by atoms with Crippen molar-refractivity contribution in [3.8, 4) is 0 Å². The lowest BCUT2D eigenvalue weighted by Gasteiger charge is -2.26. The SMILES string of the molecule is O=C1CC[C@@H]([N+](=O)[O-])[C@@H](c2cccc(Br)c2)N1. The number of halogens is 1. The zero-order chi connectivity index (χ0) is 12.4. The zero-order valence-corrected chi connectivity index (χ0v) is 10.5. The first-order valence-electron chi connectivity index (χ1n) is 5.26. The summed E-state index contributed by atoms with van der Waals surface area (Å²) in [5.41, 5.74) is 0.758. The Kier molecular flexibility index (Phi) is 3.42. The van der Waals surface area contributed by atoms with E-state index in [9.17, 15) is 14.9 Å². The average molecular weight is 299 g/mol. The Hall–Kier alpha value is -1.43. The maximum absolute atomic E-state index is 11.4. The number of nitrogens with one attached hydrogen (secondary N) is 1. The third-order valence-corrected chi connectivity index (χ3v) is 3.34. The summed E-state index contributed by atoms with van der Waals surface area (Å²) in [5.74, 6) is -0.131. The van der Waals surface area contributed by atoms with E-state index >= 15 is 0 Å². The van der Waals surface area contributed by atoms with Crippen LogP contribution >= 0.6 is 15.9 Å². The van der Waals surface area contributed by atoms with Crippen LogP contribution < -0.4 is 5.32 Å². The number of amides is 1. The maximum atomic E-state index is 11.4. The second-order valence-electron chi connectivity index (χ2n) is 3.99. The lowest BCUT2D eigenvalue weighted by Crippen LogP contribution is -2.45. The molecule has 0 radical (unpaired) electrons. The molecule has 17 heavy (non-hydrogen) atoms. The van der Waals surface area contributed by atoms with Crippen molar-refractivity contribution in [2.75, 3.05) is 0 Å². The van der Waals surface area contributed by atoms with E-state index in [-0.39, 0.29) is 23.7 Å². The third-order valence-electron chi connectivity index (χ3n) is 2.85. The number of nitrogens with zero attached hydrogens (tertiary/aromatic N) is 1. The molecule has 1 saturated heterocycles. The summed E-state index contributed by atoms with van der Waals surface area (Å²) in [6.07, 6.45) is 0.506. The normalized spacial score (nSPS) is 24.2. The average Bonchev–Trinajstić information content (AvgIpc) is 2.28. The minimum atomic E-state index is -0.748. The highest BCUT2D eigenvalue weighted by Gasteiger charge is 2.37. The number of carbonyl (C=O) groups is 1. The maximum Gasteiger partial charge on any atom is 0.237 e. The van der Waals surface area contributed by atoms with Gasteiger partial charge >= 0.3 is 0 Å². The van der Waals surface area contributed by atoms with E-state index in [1.807, 2.05) is 6.07 Å². The van der Waals surface area contributed by atoms with Crippen molar-refractivity contribution in [1.82, 2.24) is 5.32 Å². The molecule has 0 spiro atoms. The predicted molar refractivity (Wildman–Crippen MR) is 65.0 cm³/mol. The van der Waals surface area contributed by atoms with E-state index in [1.165, 1.54) is 0 Å². The van der Waals surface area contributed by atoms with Gasteiger partial charge in [0.15, 0.2) is 0 Å². The topological polar surface area (TPSA) is 72.2 Å². The Morgan fingerprint density at radius 1 is 1.47 bits per heavy atom. The molecule has 0 bridgehead atoms. The Labute approximate surface area is 106 Å². The number of carbonyl (C=O) groups excluding carboxylic acids is 1. The van der Waals surface area contributed by atoms with Crippen molar-refractivity contribution in [2.24, 2.45) is 0 Å². The number of rotatable bonds is 2. The van der Waals surface area contributed by atoms with Crippen LogP contribution in [0, 0.1) is 10.1 Å². The third kappa shape index (κ3) is 2.63. The van der Waals surface area contributed by atoms with E-state index in [0.717, 1.165) is 10.0 Å². The van der Waals surface area contributed by atoms with Gasteiger partial charge in [-0.25, -0.2) is 0 Å². The molecular formula is C11H11BrN2O3. The van der Waals surface area contributed by atoms with Crippen molar-refractivity contribution in [2.45, 2.75) is 24.9 Å². The highest BCUT2D eigenvalue weighted by atomic mass is 79.9. The van der Waals surface area contributed by atoms with Crippen LogP contribution in [0.25, 0.3) is 0 Å². The quantitative estimate of drug-likeness (QED) is 0.671. The Balaban J connectivity index is 2.32. The molecule has 2 rings (SSSR count). The zero-order valence-electron chi connectivity index (χ0n) is 8.93. The fraction of sp³-hybridized carbons (Fsp3) is 0.364. The molecule has 1 aliphatic heterocycles. The van der Waals surface area contributed by atoms with E-state index in [2.05, 4.69) is 21.2 Å². The molecule has 1 N–H and O–H groups in total. The van der Waals surface area contributed by atoms with E-state index in [0.29, 0.717) is 0 Å². The fourth-order valence-corrected chi connectivity index (χ4v) is 2.44. The monoisotopic (exact) mass is 298 g/mol. The van der Waals surface area contributed by atoms with Gasteiger partial charge in [-0.15, -0.1) is 0 Å². The number of piperidine rings is 1. The number of benzene rings is 1. The van der Waals surface area contributed by atoms with E-state index in [4.69, 9.17) is 0 Å². The molecule has 1 heterocycles. The highest BCUT2D eigenvalue weighted by molar-refractivity contribution is 9.10. The fourth-order valence-electron chi connectivity index (χ4n) is 2.02. The summed E-state index contributed by atoms with van der Waals surface area (Å²) < 4.78 is 0.844. The highest BCUT2D eigenvalue weighted by Crippen LogP contribution is 2.27. The molecule has 1 aromatic carbocycles. The molecule has 0 aromatic heterocycles. The number of hydrogen-bond donors (Lipinski definition) is 1. The molecule has 2 atom stereocenters. The molecular weight excluding hydrogens is 288 g/mol. The molecule has 1 fully saturated rings.